The monoisotopic (exact) mass is 384 g/mol. The van der Waals surface area contributed by atoms with E-state index < -0.39 is 0 Å². The molecule has 3 rings (SSSR count). The molecule has 0 aliphatic heterocycles. The highest BCUT2D eigenvalue weighted by Crippen LogP contribution is 2.30. The van der Waals surface area contributed by atoms with E-state index in [-0.39, 0.29) is 5.82 Å². The molecule has 3 aromatic rings. The number of nitriles is 1. The number of rotatable bonds is 5. The molecule has 0 atom stereocenters. The van der Waals surface area contributed by atoms with Gasteiger partial charge in [-0.15, -0.1) is 0 Å². The van der Waals surface area contributed by atoms with Crippen molar-refractivity contribution in [1.29, 1.82) is 5.26 Å². The van der Waals surface area contributed by atoms with Crippen LogP contribution in [0.3, 0.4) is 0 Å². The molecule has 1 N–H and O–H groups in total. The second kappa shape index (κ2) is 8.17. The maximum Gasteiger partial charge on any atom is 0.189 e. The highest BCUT2D eigenvalue weighted by Gasteiger charge is 2.16. The average Bonchev–Trinajstić information content (AvgIpc) is 2.66. The van der Waals surface area contributed by atoms with Crippen LogP contribution in [0.15, 0.2) is 53.7 Å². The molecule has 0 fully saturated rings. The summed E-state index contributed by atoms with van der Waals surface area (Å²) in [7, 11) is 0. The molecule has 1 heterocycles. The first-order chi connectivity index (χ1) is 12.6. The molecular formula is C19H14ClFN4S. The summed E-state index contributed by atoms with van der Waals surface area (Å²) in [4.78, 5) is 8.90. The fourth-order valence-electron chi connectivity index (χ4n) is 2.40. The smallest absolute Gasteiger partial charge is 0.189 e. The van der Waals surface area contributed by atoms with Gasteiger partial charge in [-0.2, -0.15) is 5.26 Å². The minimum atomic E-state index is -0.290. The average molecular weight is 385 g/mol. The molecule has 1 aromatic heterocycles. The van der Waals surface area contributed by atoms with Crippen molar-refractivity contribution >= 4 is 29.2 Å². The number of aromatic nitrogens is 2. The topological polar surface area (TPSA) is 61.6 Å². The number of halogens is 2. The van der Waals surface area contributed by atoms with Gasteiger partial charge in [0, 0.05) is 17.1 Å². The van der Waals surface area contributed by atoms with Gasteiger partial charge in [0.05, 0.1) is 5.69 Å². The minimum Gasteiger partial charge on any atom is -0.365 e. The molecule has 0 unspecified atom stereocenters. The Morgan fingerprint density at radius 1 is 1.19 bits per heavy atom. The largest absolute Gasteiger partial charge is 0.365 e. The van der Waals surface area contributed by atoms with E-state index in [9.17, 15) is 9.65 Å². The van der Waals surface area contributed by atoms with Gasteiger partial charge in [-0.25, -0.2) is 14.4 Å². The van der Waals surface area contributed by atoms with E-state index >= 15 is 0 Å². The van der Waals surface area contributed by atoms with Gasteiger partial charge in [0.25, 0.3) is 0 Å². The molecule has 0 saturated carbocycles. The van der Waals surface area contributed by atoms with Crippen LogP contribution in [0.2, 0.25) is 5.02 Å². The number of hydrogen-bond donors (Lipinski definition) is 1. The second-order valence-electron chi connectivity index (χ2n) is 5.38. The maximum absolute atomic E-state index is 13.0. The summed E-state index contributed by atoms with van der Waals surface area (Å²) in [6, 6.07) is 15.5. The molecule has 0 aliphatic rings. The zero-order chi connectivity index (χ0) is 18.5. The first-order valence-corrected chi connectivity index (χ1v) is 9.31. The van der Waals surface area contributed by atoms with Gasteiger partial charge < -0.3 is 5.32 Å². The normalized spacial score (nSPS) is 10.4. The highest BCUT2D eigenvalue weighted by atomic mass is 35.5. The molecule has 0 aliphatic carbocycles. The van der Waals surface area contributed by atoms with Crippen molar-refractivity contribution in [2.45, 2.75) is 11.7 Å². The van der Waals surface area contributed by atoms with Crippen LogP contribution in [0.5, 0.6) is 0 Å². The summed E-state index contributed by atoms with van der Waals surface area (Å²) in [6.45, 7) is 0.411. The van der Waals surface area contributed by atoms with Crippen molar-refractivity contribution < 1.29 is 4.39 Å². The first kappa shape index (κ1) is 18.2. The third-order valence-corrected chi connectivity index (χ3v) is 4.44. The molecule has 4 nitrogen and oxygen atoms in total. The lowest BCUT2D eigenvalue weighted by atomic mass is 10.1. The van der Waals surface area contributed by atoms with Gasteiger partial charge in [0.15, 0.2) is 5.16 Å². The van der Waals surface area contributed by atoms with E-state index in [2.05, 4.69) is 21.4 Å². The number of anilines is 1. The number of benzene rings is 2. The Balaban J connectivity index is 2.00. The Kier molecular flexibility index (Phi) is 5.71. The summed E-state index contributed by atoms with van der Waals surface area (Å²) in [6.07, 6.45) is 1.87. The van der Waals surface area contributed by atoms with Crippen molar-refractivity contribution in [2.24, 2.45) is 0 Å². The summed E-state index contributed by atoms with van der Waals surface area (Å²) in [5.41, 5.74) is 2.49. The van der Waals surface area contributed by atoms with Crippen LogP contribution in [0, 0.1) is 17.1 Å². The fourth-order valence-corrected chi connectivity index (χ4v) is 2.95. The SMILES string of the molecule is CSc1nc(NCc2ccc(F)cc2)c(C#N)c(-c2cccc(Cl)c2)n1. The molecule has 0 bridgehead atoms. The molecule has 2 aromatic carbocycles. The van der Waals surface area contributed by atoms with Crippen molar-refractivity contribution in [3.05, 3.63) is 70.5 Å². The summed E-state index contributed by atoms with van der Waals surface area (Å²) < 4.78 is 13.0. The number of thioether (sulfide) groups is 1. The summed E-state index contributed by atoms with van der Waals surface area (Å²) >= 11 is 7.46. The van der Waals surface area contributed by atoms with Crippen molar-refractivity contribution in [1.82, 2.24) is 9.97 Å². The Morgan fingerprint density at radius 2 is 1.96 bits per heavy atom. The molecule has 7 heteroatoms. The second-order valence-corrected chi connectivity index (χ2v) is 6.59. The molecule has 0 spiro atoms. The van der Waals surface area contributed by atoms with Gasteiger partial charge in [-0.05, 0) is 36.1 Å². The summed E-state index contributed by atoms with van der Waals surface area (Å²) in [5.74, 6) is 0.146. The molecule has 0 amide bonds. The minimum absolute atomic E-state index is 0.290. The Morgan fingerprint density at radius 3 is 2.62 bits per heavy atom. The van der Waals surface area contributed by atoms with Gasteiger partial charge in [-0.3, -0.25) is 0 Å². The number of nitrogens with zero attached hydrogens (tertiary/aromatic N) is 3. The third-order valence-electron chi connectivity index (χ3n) is 3.65. The van der Waals surface area contributed by atoms with Crippen LogP contribution in [0.4, 0.5) is 10.2 Å². The van der Waals surface area contributed by atoms with Gasteiger partial charge in [0.1, 0.15) is 23.3 Å². The number of hydrogen-bond acceptors (Lipinski definition) is 5. The molecule has 130 valence electrons. The van der Waals surface area contributed by atoms with E-state index in [0.717, 1.165) is 11.1 Å². The van der Waals surface area contributed by atoms with Crippen LogP contribution in [0.1, 0.15) is 11.1 Å². The van der Waals surface area contributed by atoms with E-state index in [1.54, 1.807) is 24.3 Å². The van der Waals surface area contributed by atoms with Crippen molar-refractivity contribution in [2.75, 3.05) is 11.6 Å². The predicted molar refractivity (Wildman–Crippen MR) is 103 cm³/mol. The van der Waals surface area contributed by atoms with E-state index in [4.69, 9.17) is 11.6 Å². The van der Waals surface area contributed by atoms with Gasteiger partial charge >= 0.3 is 0 Å². The lowest BCUT2D eigenvalue weighted by Crippen LogP contribution is -2.07. The van der Waals surface area contributed by atoms with Gasteiger partial charge in [-0.1, -0.05) is 47.6 Å². The predicted octanol–water partition coefficient (Wildman–Crippen LogP) is 5.14. The van der Waals surface area contributed by atoms with Crippen molar-refractivity contribution in [3.8, 4) is 17.3 Å². The third kappa shape index (κ3) is 4.13. The van der Waals surface area contributed by atoms with Crippen LogP contribution < -0.4 is 5.32 Å². The maximum atomic E-state index is 13.0. The zero-order valence-corrected chi connectivity index (χ0v) is 15.4. The van der Waals surface area contributed by atoms with Crippen LogP contribution >= 0.6 is 23.4 Å². The summed E-state index contributed by atoms with van der Waals surface area (Å²) in [5, 5.41) is 13.9. The van der Waals surface area contributed by atoms with Crippen LogP contribution in [0.25, 0.3) is 11.3 Å². The molecule has 0 radical (unpaired) electrons. The van der Waals surface area contributed by atoms with Crippen LogP contribution in [-0.2, 0) is 6.54 Å². The Labute approximate surface area is 160 Å². The lowest BCUT2D eigenvalue weighted by molar-refractivity contribution is 0.627. The van der Waals surface area contributed by atoms with Crippen LogP contribution in [-0.4, -0.2) is 16.2 Å². The van der Waals surface area contributed by atoms with E-state index in [1.807, 2.05) is 18.4 Å². The number of nitrogens with one attached hydrogen (secondary N) is 1. The molecule has 26 heavy (non-hydrogen) atoms. The Hall–Kier alpha value is -2.62. The van der Waals surface area contributed by atoms with E-state index in [0.29, 0.717) is 33.8 Å². The Bertz CT molecular complexity index is 970. The lowest BCUT2D eigenvalue weighted by Gasteiger charge is -2.12. The first-order valence-electron chi connectivity index (χ1n) is 7.71. The zero-order valence-electron chi connectivity index (χ0n) is 13.8. The van der Waals surface area contributed by atoms with E-state index in [1.165, 1.54) is 23.9 Å². The quantitative estimate of drug-likeness (QED) is 0.487. The fraction of sp³-hybridized carbons (Fsp3) is 0.105. The molecule has 0 saturated heterocycles. The highest BCUT2D eigenvalue weighted by molar-refractivity contribution is 7.98. The van der Waals surface area contributed by atoms with Gasteiger partial charge in [0.2, 0.25) is 0 Å². The standard InChI is InChI=1S/C19H14ClFN4S/c1-26-19-24-17(13-3-2-4-14(20)9-13)16(10-22)18(25-19)23-11-12-5-7-15(21)8-6-12/h2-9H,11H2,1H3,(H,23,24,25). The molecular weight excluding hydrogens is 371 g/mol. The van der Waals surface area contributed by atoms with Crippen molar-refractivity contribution in [3.63, 3.8) is 0 Å².